The first-order valence-electron chi connectivity index (χ1n) is 10.1. The number of fused-ring (bicyclic) bond motifs is 1. The number of hydrogen-bond acceptors (Lipinski definition) is 5. The molecule has 30 heavy (non-hydrogen) atoms. The van der Waals surface area contributed by atoms with Crippen molar-refractivity contribution in [1.29, 1.82) is 0 Å². The zero-order valence-corrected chi connectivity index (χ0v) is 16.9. The quantitative estimate of drug-likeness (QED) is 0.625. The molecule has 6 nitrogen and oxygen atoms in total. The first-order chi connectivity index (χ1) is 14.6. The smallest absolute Gasteiger partial charge is 0.339 e. The molecule has 1 fully saturated rings. The molecule has 6 heteroatoms. The number of benzene rings is 2. The average Bonchev–Trinajstić information content (AvgIpc) is 3.29. The van der Waals surface area contributed by atoms with Crippen molar-refractivity contribution < 1.29 is 19.1 Å². The predicted octanol–water partition coefficient (Wildman–Crippen LogP) is 4.13. The number of hydrogen-bond donors (Lipinski definition) is 1. The summed E-state index contributed by atoms with van der Waals surface area (Å²) in [5, 5.41) is 3.62. The average molecular weight is 404 g/mol. The van der Waals surface area contributed by atoms with Crippen LogP contribution < -0.4 is 10.1 Å². The molecule has 2 aromatic carbocycles. The van der Waals surface area contributed by atoms with Crippen LogP contribution in [0.5, 0.6) is 5.75 Å². The number of pyridine rings is 1. The SMILES string of the molecule is COc1ccc(-c2cc(C(=O)OCC(=O)NC3CCCC3)c3ccccc3n2)cc1. The van der Waals surface area contributed by atoms with Gasteiger partial charge < -0.3 is 14.8 Å². The molecule has 0 atom stereocenters. The number of para-hydroxylation sites is 1. The lowest BCUT2D eigenvalue weighted by molar-refractivity contribution is -0.124. The van der Waals surface area contributed by atoms with Gasteiger partial charge >= 0.3 is 5.97 Å². The van der Waals surface area contributed by atoms with E-state index >= 15 is 0 Å². The Kier molecular flexibility index (Phi) is 5.93. The van der Waals surface area contributed by atoms with Gasteiger partial charge in [-0.25, -0.2) is 9.78 Å². The van der Waals surface area contributed by atoms with E-state index in [2.05, 4.69) is 10.3 Å². The first kappa shape index (κ1) is 19.9. The summed E-state index contributed by atoms with van der Waals surface area (Å²) in [5.74, 6) is -0.0543. The summed E-state index contributed by atoms with van der Waals surface area (Å²) in [4.78, 5) is 29.6. The first-order valence-corrected chi connectivity index (χ1v) is 10.1. The van der Waals surface area contributed by atoms with Crippen LogP contribution in [0.3, 0.4) is 0 Å². The van der Waals surface area contributed by atoms with E-state index in [4.69, 9.17) is 9.47 Å². The minimum Gasteiger partial charge on any atom is -0.497 e. The van der Waals surface area contributed by atoms with Crippen LogP contribution in [-0.2, 0) is 9.53 Å². The number of carbonyl (C=O) groups excluding carboxylic acids is 2. The number of aromatic nitrogens is 1. The zero-order valence-electron chi connectivity index (χ0n) is 16.9. The lowest BCUT2D eigenvalue weighted by Crippen LogP contribution is -2.35. The molecule has 3 aromatic rings. The van der Waals surface area contributed by atoms with Gasteiger partial charge in [-0.2, -0.15) is 0 Å². The van der Waals surface area contributed by atoms with Crippen molar-refractivity contribution in [3.8, 4) is 17.0 Å². The Morgan fingerprint density at radius 1 is 1.07 bits per heavy atom. The highest BCUT2D eigenvalue weighted by atomic mass is 16.5. The van der Waals surface area contributed by atoms with Gasteiger partial charge in [0.1, 0.15) is 5.75 Å². The molecule has 1 N–H and O–H groups in total. The molecule has 1 aliphatic rings. The summed E-state index contributed by atoms with van der Waals surface area (Å²) in [5.41, 5.74) is 2.58. The van der Waals surface area contributed by atoms with E-state index in [9.17, 15) is 9.59 Å². The third kappa shape index (κ3) is 4.43. The van der Waals surface area contributed by atoms with Crippen molar-refractivity contribution in [2.75, 3.05) is 13.7 Å². The van der Waals surface area contributed by atoms with E-state index < -0.39 is 5.97 Å². The van der Waals surface area contributed by atoms with Crippen molar-refractivity contribution in [2.45, 2.75) is 31.7 Å². The van der Waals surface area contributed by atoms with Crippen molar-refractivity contribution in [3.05, 3.63) is 60.2 Å². The number of nitrogens with zero attached hydrogens (tertiary/aromatic N) is 1. The van der Waals surface area contributed by atoms with E-state index in [-0.39, 0.29) is 18.6 Å². The summed E-state index contributed by atoms with van der Waals surface area (Å²) in [6, 6.07) is 16.8. The van der Waals surface area contributed by atoms with Crippen LogP contribution in [0.4, 0.5) is 0 Å². The van der Waals surface area contributed by atoms with Crippen molar-refractivity contribution in [3.63, 3.8) is 0 Å². The molecule has 1 saturated carbocycles. The van der Waals surface area contributed by atoms with E-state index in [0.717, 1.165) is 37.0 Å². The van der Waals surface area contributed by atoms with Crippen LogP contribution in [0.25, 0.3) is 22.2 Å². The van der Waals surface area contributed by atoms with Crippen LogP contribution >= 0.6 is 0 Å². The molecule has 1 heterocycles. The molecule has 0 spiro atoms. The Balaban J connectivity index is 1.56. The van der Waals surface area contributed by atoms with Crippen molar-refractivity contribution >= 4 is 22.8 Å². The molecule has 154 valence electrons. The minimum absolute atomic E-state index is 0.194. The van der Waals surface area contributed by atoms with Crippen LogP contribution in [0.1, 0.15) is 36.0 Å². The Hall–Kier alpha value is -3.41. The fourth-order valence-electron chi connectivity index (χ4n) is 3.80. The highest BCUT2D eigenvalue weighted by Gasteiger charge is 2.20. The van der Waals surface area contributed by atoms with Gasteiger partial charge in [0, 0.05) is 17.0 Å². The maximum atomic E-state index is 12.8. The van der Waals surface area contributed by atoms with Crippen LogP contribution in [-0.4, -0.2) is 36.6 Å². The largest absolute Gasteiger partial charge is 0.497 e. The minimum atomic E-state index is -0.537. The van der Waals surface area contributed by atoms with Gasteiger partial charge in [0.25, 0.3) is 5.91 Å². The van der Waals surface area contributed by atoms with Gasteiger partial charge in [-0.3, -0.25) is 4.79 Å². The second kappa shape index (κ2) is 8.95. The second-order valence-electron chi connectivity index (χ2n) is 7.43. The second-order valence-corrected chi connectivity index (χ2v) is 7.43. The maximum absolute atomic E-state index is 12.8. The zero-order chi connectivity index (χ0) is 20.9. The standard InChI is InChI=1S/C24H24N2O4/c1-29-18-12-10-16(11-13-18)22-14-20(19-8-4-5-9-21(19)26-22)24(28)30-15-23(27)25-17-6-2-3-7-17/h4-5,8-14,17H,2-3,6-7,15H2,1H3,(H,25,27). The summed E-state index contributed by atoms with van der Waals surface area (Å²) in [6.07, 6.45) is 4.23. The number of ether oxygens (including phenoxy) is 2. The predicted molar refractivity (Wildman–Crippen MR) is 114 cm³/mol. The fraction of sp³-hybridized carbons (Fsp3) is 0.292. The van der Waals surface area contributed by atoms with E-state index in [0.29, 0.717) is 22.2 Å². The fourth-order valence-corrected chi connectivity index (χ4v) is 3.80. The summed E-state index contributed by atoms with van der Waals surface area (Å²) < 4.78 is 10.5. The van der Waals surface area contributed by atoms with Gasteiger partial charge in [0.05, 0.1) is 23.9 Å². The Bertz CT molecular complexity index is 1060. The van der Waals surface area contributed by atoms with Crippen LogP contribution in [0, 0.1) is 0 Å². The van der Waals surface area contributed by atoms with Crippen LogP contribution in [0.15, 0.2) is 54.6 Å². The third-order valence-corrected chi connectivity index (χ3v) is 5.38. The Morgan fingerprint density at radius 2 is 1.80 bits per heavy atom. The van der Waals surface area contributed by atoms with Gasteiger partial charge in [-0.15, -0.1) is 0 Å². The molecule has 0 unspecified atom stereocenters. The molecular weight excluding hydrogens is 380 g/mol. The van der Waals surface area contributed by atoms with Gasteiger partial charge in [0.2, 0.25) is 0 Å². The van der Waals surface area contributed by atoms with Crippen molar-refractivity contribution in [1.82, 2.24) is 10.3 Å². The summed E-state index contributed by atoms with van der Waals surface area (Å²) in [7, 11) is 1.61. The number of amides is 1. The lowest BCUT2D eigenvalue weighted by Gasteiger charge is -2.13. The van der Waals surface area contributed by atoms with Gasteiger partial charge in [-0.1, -0.05) is 31.0 Å². The Morgan fingerprint density at radius 3 is 2.53 bits per heavy atom. The molecule has 1 aromatic heterocycles. The third-order valence-electron chi connectivity index (χ3n) is 5.38. The molecule has 0 radical (unpaired) electrons. The molecule has 0 saturated heterocycles. The monoisotopic (exact) mass is 404 g/mol. The molecule has 0 bridgehead atoms. The lowest BCUT2D eigenvalue weighted by atomic mass is 10.0. The topological polar surface area (TPSA) is 77.5 Å². The number of rotatable bonds is 6. The molecule has 1 aliphatic carbocycles. The highest BCUT2D eigenvalue weighted by Crippen LogP contribution is 2.27. The van der Waals surface area contributed by atoms with Crippen molar-refractivity contribution in [2.24, 2.45) is 0 Å². The van der Waals surface area contributed by atoms with Crippen LogP contribution in [0.2, 0.25) is 0 Å². The number of esters is 1. The summed E-state index contributed by atoms with van der Waals surface area (Å²) in [6.45, 7) is -0.288. The highest BCUT2D eigenvalue weighted by molar-refractivity contribution is 6.05. The molecule has 1 amide bonds. The number of methoxy groups -OCH3 is 1. The number of carbonyl (C=O) groups is 2. The molecule has 0 aliphatic heterocycles. The number of nitrogens with one attached hydrogen (secondary N) is 1. The Labute approximate surface area is 175 Å². The van der Waals surface area contributed by atoms with E-state index in [1.807, 2.05) is 48.5 Å². The molecular formula is C24H24N2O4. The van der Waals surface area contributed by atoms with Gasteiger partial charge in [0.15, 0.2) is 6.61 Å². The van der Waals surface area contributed by atoms with E-state index in [1.54, 1.807) is 13.2 Å². The molecule has 4 rings (SSSR count). The summed E-state index contributed by atoms with van der Waals surface area (Å²) >= 11 is 0. The normalized spacial score (nSPS) is 13.9. The van der Waals surface area contributed by atoms with Gasteiger partial charge in [-0.05, 0) is 49.2 Å². The van der Waals surface area contributed by atoms with E-state index in [1.165, 1.54) is 0 Å². The maximum Gasteiger partial charge on any atom is 0.339 e.